The lowest BCUT2D eigenvalue weighted by molar-refractivity contribution is 0.249. The van der Waals surface area contributed by atoms with Gasteiger partial charge in [0.1, 0.15) is 5.51 Å². The largest absolute Gasteiger partial charge is 0.400 e. The number of nitrogens with zero attached hydrogens (tertiary/aromatic N) is 6. The van der Waals surface area contributed by atoms with Gasteiger partial charge in [-0.25, -0.2) is 4.98 Å². The van der Waals surface area contributed by atoms with E-state index < -0.39 is 0 Å². The van der Waals surface area contributed by atoms with Gasteiger partial charge in [-0.2, -0.15) is 4.37 Å². The van der Waals surface area contributed by atoms with Crippen LogP contribution in [0.2, 0.25) is 0 Å². The third kappa shape index (κ3) is 2.00. The van der Waals surface area contributed by atoms with E-state index in [1.807, 2.05) is 0 Å². The standard InChI is InChI=1S/C11H14N6OS/c1-3-16-4-2-8(1)17(6-5-16)11-14-13-10(18-11)9-12-7-19-15-9/h7-8H,1-6H2. The average molecular weight is 278 g/mol. The van der Waals surface area contributed by atoms with Crippen LogP contribution in [0.15, 0.2) is 9.93 Å². The van der Waals surface area contributed by atoms with E-state index in [2.05, 4.69) is 29.4 Å². The third-order valence-corrected chi connectivity index (χ3v) is 4.35. The molecule has 3 fully saturated rings. The van der Waals surface area contributed by atoms with Gasteiger partial charge in [0.05, 0.1) is 0 Å². The van der Waals surface area contributed by atoms with Crippen LogP contribution in [0.4, 0.5) is 6.01 Å². The first kappa shape index (κ1) is 11.3. The molecule has 3 aliphatic heterocycles. The van der Waals surface area contributed by atoms with Crippen LogP contribution in [0.1, 0.15) is 12.8 Å². The van der Waals surface area contributed by atoms with Crippen molar-refractivity contribution in [1.29, 1.82) is 0 Å². The van der Waals surface area contributed by atoms with Crippen molar-refractivity contribution in [3.05, 3.63) is 5.51 Å². The highest BCUT2D eigenvalue weighted by molar-refractivity contribution is 7.03. The Morgan fingerprint density at radius 3 is 2.84 bits per heavy atom. The lowest BCUT2D eigenvalue weighted by atomic mass is 10.1. The van der Waals surface area contributed by atoms with Gasteiger partial charge in [-0.05, 0) is 24.4 Å². The molecule has 3 saturated heterocycles. The Bertz CT molecular complexity index is 547. The molecule has 19 heavy (non-hydrogen) atoms. The van der Waals surface area contributed by atoms with Gasteiger partial charge in [-0.3, -0.25) is 0 Å². The van der Waals surface area contributed by atoms with Gasteiger partial charge >= 0.3 is 6.01 Å². The third-order valence-electron chi connectivity index (χ3n) is 3.87. The summed E-state index contributed by atoms with van der Waals surface area (Å²) in [4.78, 5) is 8.84. The quantitative estimate of drug-likeness (QED) is 0.807. The first-order chi connectivity index (χ1) is 9.40. The van der Waals surface area contributed by atoms with Crippen LogP contribution in [-0.2, 0) is 0 Å². The lowest BCUT2D eigenvalue weighted by Gasteiger charge is -2.29. The zero-order valence-electron chi connectivity index (χ0n) is 10.4. The number of hydrogen-bond acceptors (Lipinski definition) is 8. The normalized spacial score (nSPS) is 26.6. The predicted octanol–water partition coefficient (Wildman–Crippen LogP) is 0.872. The maximum Gasteiger partial charge on any atom is 0.318 e. The van der Waals surface area contributed by atoms with E-state index in [4.69, 9.17) is 4.42 Å². The zero-order chi connectivity index (χ0) is 12.7. The minimum absolute atomic E-state index is 0.412. The van der Waals surface area contributed by atoms with Crippen LogP contribution in [0.5, 0.6) is 0 Å². The van der Waals surface area contributed by atoms with Crippen LogP contribution in [0.25, 0.3) is 11.7 Å². The molecule has 0 atom stereocenters. The van der Waals surface area contributed by atoms with Crippen LogP contribution in [0.3, 0.4) is 0 Å². The first-order valence-corrected chi connectivity index (χ1v) is 7.33. The van der Waals surface area contributed by atoms with Crippen molar-refractivity contribution in [2.24, 2.45) is 0 Å². The van der Waals surface area contributed by atoms with E-state index in [1.54, 1.807) is 5.51 Å². The Morgan fingerprint density at radius 2 is 2.05 bits per heavy atom. The van der Waals surface area contributed by atoms with Crippen LogP contribution >= 0.6 is 11.5 Å². The smallest absolute Gasteiger partial charge is 0.318 e. The van der Waals surface area contributed by atoms with Gasteiger partial charge in [0.15, 0.2) is 0 Å². The molecule has 3 aliphatic rings. The molecule has 2 aromatic heterocycles. The number of fused-ring (bicyclic) bond motifs is 4. The molecule has 0 saturated carbocycles. The van der Waals surface area contributed by atoms with Gasteiger partial charge < -0.3 is 14.2 Å². The highest BCUT2D eigenvalue weighted by Crippen LogP contribution is 2.27. The molecule has 0 amide bonds. The summed E-state index contributed by atoms with van der Waals surface area (Å²) in [5.74, 6) is 0.932. The Morgan fingerprint density at radius 1 is 1.16 bits per heavy atom. The monoisotopic (exact) mass is 278 g/mol. The van der Waals surface area contributed by atoms with E-state index in [0.717, 1.165) is 13.1 Å². The topological polar surface area (TPSA) is 71.2 Å². The Labute approximate surface area is 114 Å². The van der Waals surface area contributed by atoms with Gasteiger partial charge in [-0.15, -0.1) is 5.10 Å². The number of hydrogen-bond donors (Lipinski definition) is 0. The summed E-state index contributed by atoms with van der Waals surface area (Å²) >= 11 is 1.29. The maximum absolute atomic E-state index is 5.74. The molecule has 100 valence electrons. The van der Waals surface area contributed by atoms with Crippen molar-refractivity contribution < 1.29 is 4.42 Å². The Kier molecular flexibility index (Phi) is 2.70. The second kappa shape index (κ2) is 4.53. The first-order valence-electron chi connectivity index (χ1n) is 6.49. The molecule has 0 spiro atoms. The van der Waals surface area contributed by atoms with E-state index in [0.29, 0.717) is 23.8 Å². The minimum Gasteiger partial charge on any atom is -0.400 e. The van der Waals surface area contributed by atoms with Crippen LogP contribution < -0.4 is 4.90 Å². The minimum atomic E-state index is 0.412. The fourth-order valence-electron chi connectivity index (χ4n) is 2.82. The molecule has 7 nitrogen and oxygen atoms in total. The second-order valence-electron chi connectivity index (χ2n) is 4.91. The summed E-state index contributed by atoms with van der Waals surface area (Å²) in [6.07, 6.45) is 2.35. The fraction of sp³-hybridized carbons (Fsp3) is 0.636. The molecule has 0 radical (unpaired) electrons. The summed E-state index contributed by atoms with van der Waals surface area (Å²) < 4.78 is 9.86. The number of piperidine rings is 1. The van der Waals surface area contributed by atoms with Crippen LogP contribution in [-0.4, -0.2) is 56.7 Å². The van der Waals surface area contributed by atoms with Crippen molar-refractivity contribution in [1.82, 2.24) is 24.5 Å². The van der Waals surface area contributed by atoms with E-state index in [9.17, 15) is 0 Å². The molecule has 2 bridgehead atoms. The lowest BCUT2D eigenvalue weighted by Crippen LogP contribution is -2.38. The van der Waals surface area contributed by atoms with Crippen molar-refractivity contribution in [2.45, 2.75) is 18.9 Å². The van der Waals surface area contributed by atoms with Crippen LogP contribution in [0, 0.1) is 0 Å². The van der Waals surface area contributed by atoms with Crippen molar-refractivity contribution >= 4 is 17.5 Å². The summed E-state index contributed by atoms with van der Waals surface area (Å²) in [5, 5.41) is 8.23. The van der Waals surface area contributed by atoms with Gasteiger partial charge in [0, 0.05) is 32.2 Å². The molecule has 8 heteroatoms. The molecular weight excluding hydrogens is 264 g/mol. The zero-order valence-corrected chi connectivity index (χ0v) is 11.2. The molecule has 0 aromatic carbocycles. The number of aromatic nitrogens is 4. The number of anilines is 1. The summed E-state index contributed by atoms with van der Waals surface area (Å²) in [7, 11) is 0. The molecule has 0 N–H and O–H groups in total. The Hall–Kier alpha value is -1.54. The summed E-state index contributed by atoms with van der Waals surface area (Å²) in [6.45, 7) is 4.38. The average Bonchev–Trinajstić information content (AvgIpc) is 3.05. The SMILES string of the molecule is c1nc(-c2nnc(N3CCN4CCC3CC4)o2)ns1. The highest BCUT2D eigenvalue weighted by atomic mass is 32.1. The van der Waals surface area contributed by atoms with E-state index in [1.165, 1.54) is 37.5 Å². The van der Waals surface area contributed by atoms with Gasteiger partial charge in [0.25, 0.3) is 5.89 Å². The molecule has 0 unspecified atom stereocenters. The molecule has 0 aliphatic carbocycles. The molecule has 5 heterocycles. The highest BCUT2D eigenvalue weighted by Gasteiger charge is 2.32. The molecule has 2 aromatic rings. The summed E-state index contributed by atoms with van der Waals surface area (Å²) in [5.41, 5.74) is 1.67. The van der Waals surface area contributed by atoms with Crippen molar-refractivity contribution in [3.8, 4) is 11.7 Å². The maximum atomic E-state index is 5.74. The predicted molar refractivity (Wildman–Crippen MR) is 70.0 cm³/mol. The second-order valence-corrected chi connectivity index (χ2v) is 5.52. The number of rotatable bonds is 2. The van der Waals surface area contributed by atoms with E-state index in [-0.39, 0.29) is 0 Å². The van der Waals surface area contributed by atoms with Crippen molar-refractivity contribution in [3.63, 3.8) is 0 Å². The Balaban J connectivity index is 1.62. The van der Waals surface area contributed by atoms with Crippen molar-refractivity contribution in [2.75, 3.05) is 31.1 Å². The fourth-order valence-corrected chi connectivity index (χ4v) is 3.24. The summed E-state index contributed by atoms with van der Waals surface area (Å²) in [6, 6.07) is 1.13. The van der Waals surface area contributed by atoms with E-state index >= 15 is 0 Å². The van der Waals surface area contributed by atoms with Gasteiger partial charge in [-0.1, -0.05) is 5.10 Å². The van der Waals surface area contributed by atoms with Gasteiger partial charge in [0.2, 0.25) is 5.82 Å². The molecular formula is C11H14N6OS. The molecule has 5 rings (SSSR count).